The second-order valence-corrected chi connectivity index (χ2v) is 4.49. The van der Waals surface area contributed by atoms with E-state index >= 15 is 0 Å². The number of aromatic carboxylic acids is 3. The summed E-state index contributed by atoms with van der Waals surface area (Å²) in [6, 6.07) is 0.743. The van der Waals surface area contributed by atoms with Gasteiger partial charge in [-0.05, 0) is 6.07 Å². The zero-order valence-electron chi connectivity index (χ0n) is 11.8. The third kappa shape index (κ3) is 2.71. The molecule has 1 aromatic carbocycles. The Morgan fingerprint density at radius 3 is 1.28 bits per heavy atom. The number of hydrogen-bond donors (Lipinski definition) is 6. The van der Waals surface area contributed by atoms with Gasteiger partial charge in [-0.2, -0.15) is 0 Å². The van der Waals surface area contributed by atoms with Crippen LogP contribution >= 0.6 is 0 Å². The van der Waals surface area contributed by atoms with Crippen molar-refractivity contribution in [3.05, 3.63) is 34.4 Å². The van der Waals surface area contributed by atoms with Gasteiger partial charge in [0.05, 0.1) is 16.7 Å². The van der Waals surface area contributed by atoms with Gasteiger partial charge in [-0.1, -0.05) is 6.07 Å². The van der Waals surface area contributed by atoms with Crippen molar-refractivity contribution in [1.82, 2.24) is 0 Å². The first kappa shape index (κ1) is 19.1. The van der Waals surface area contributed by atoms with Crippen molar-refractivity contribution >= 4 is 35.8 Å². The topological polar surface area (TPSA) is 224 Å². The molecule has 0 aliphatic rings. The van der Waals surface area contributed by atoms with Crippen LogP contribution in [0.3, 0.4) is 0 Å². The molecule has 0 heterocycles. The van der Waals surface area contributed by atoms with Crippen LogP contribution in [-0.4, -0.2) is 66.5 Å². The van der Waals surface area contributed by atoms with Crippen LogP contribution in [0.25, 0.3) is 0 Å². The fourth-order valence-electron chi connectivity index (χ4n) is 2.16. The normalized spacial score (nSPS) is 10.7. The average Bonchev–Trinajstić information content (AvgIpc) is 2.45. The molecule has 0 spiro atoms. The van der Waals surface area contributed by atoms with Crippen molar-refractivity contribution in [3.63, 3.8) is 0 Å². The molecule has 0 fully saturated rings. The molecule has 12 nitrogen and oxygen atoms in total. The monoisotopic (exact) mass is 356 g/mol. The quantitative estimate of drug-likeness (QED) is 0.333. The average molecular weight is 356 g/mol. The van der Waals surface area contributed by atoms with Crippen LogP contribution < -0.4 is 0 Å². The number of rotatable bonds is 7. The fraction of sp³-hybridized carbons (Fsp3) is 0.0769. The lowest BCUT2D eigenvalue weighted by Crippen LogP contribution is -2.51. The lowest BCUT2D eigenvalue weighted by molar-refractivity contribution is -0.167. The van der Waals surface area contributed by atoms with Crippen LogP contribution in [0.4, 0.5) is 0 Å². The molecule has 0 saturated carbocycles. The fourth-order valence-corrected chi connectivity index (χ4v) is 2.16. The highest BCUT2D eigenvalue weighted by Crippen LogP contribution is 2.33. The summed E-state index contributed by atoms with van der Waals surface area (Å²) in [5.41, 5.74) is -9.40. The Bertz CT molecular complexity index is 798. The van der Waals surface area contributed by atoms with Crippen LogP contribution in [0, 0.1) is 0 Å². The van der Waals surface area contributed by atoms with E-state index in [9.17, 15) is 33.9 Å². The van der Waals surface area contributed by atoms with Gasteiger partial charge in [-0.25, -0.2) is 28.8 Å². The summed E-state index contributed by atoms with van der Waals surface area (Å²) in [5, 5.41) is 54.5. The van der Waals surface area contributed by atoms with Gasteiger partial charge < -0.3 is 30.6 Å². The standard InChI is InChI=1S/C13H8O12/c14-7(15)3-1-2-4(6(9(18)19)5(3)8(16)17)13(10(20)21,11(22)23)12(24)25/h1-2H,(H,14,15)(H,16,17)(H,18,19)(H,20,21)(H,22,23)(H,24,25). The highest BCUT2D eigenvalue weighted by molar-refractivity contribution is 6.24. The van der Waals surface area contributed by atoms with Crippen LogP contribution in [0.2, 0.25) is 0 Å². The highest BCUT2D eigenvalue weighted by atomic mass is 16.4. The third-order valence-electron chi connectivity index (χ3n) is 3.23. The first-order valence-electron chi connectivity index (χ1n) is 5.98. The maximum atomic E-state index is 11.4. The summed E-state index contributed by atoms with van der Waals surface area (Å²) < 4.78 is 0. The number of carbonyl (C=O) groups is 6. The van der Waals surface area contributed by atoms with E-state index in [1.165, 1.54) is 0 Å². The predicted molar refractivity (Wildman–Crippen MR) is 71.9 cm³/mol. The molecular formula is C13H8O12. The lowest BCUT2D eigenvalue weighted by atomic mass is 9.76. The first-order chi connectivity index (χ1) is 11.4. The molecular weight excluding hydrogens is 348 g/mol. The minimum atomic E-state index is -3.87. The number of carboxylic acid groups (broad SMARTS) is 6. The van der Waals surface area contributed by atoms with Gasteiger partial charge in [0.1, 0.15) is 0 Å². The largest absolute Gasteiger partial charge is 0.480 e. The van der Waals surface area contributed by atoms with Crippen LogP contribution in [0.1, 0.15) is 36.6 Å². The summed E-state index contributed by atoms with van der Waals surface area (Å²) >= 11 is 0. The Balaban J connectivity index is 4.22. The van der Waals surface area contributed by atoms with Gasteiger partial charge in [0, 0.05) is 5.56 Å². The van der Waals surface area contributed by atoms with Gasteiger partial charge in [0.25, 0.3) is 5.41 Å². The lowest BCUT2D eigenvalue weighted by Gasteiger charge is -2.23. The van der Waals surface area contributed by atoms with E-state index in [2.05, 4.69) is 0 Å². The molecule has 1 rings (SSSR count). The van der Waals surface area contributed by atoms with E-state index in [0.717, 1.165) is 0 Å². The Morgan fingerprint density at radius 2 is 1.00 bits per heavy atom. The maximum Gasteiger partial charge on any atom is 0.337 e. The minimum Gasteiger partial charge on any atom is -0.480 e. The van der Waals surface area contributed by atoms with E-state index in [4.69, 9.17) is 25.5 Å². The van der Waals surface area contributed by atoms with Crippen LogP contribution in [0.15, 0.2) is 12.1 Å². The molecule has 0 unspecified atom stereocenters. The first-order valence-corrected chi connectivity index (χ1v) is 5.98. The van der Waals surface area contributed by atoms with E-state index in [1.807, 2.05) is 0 Å². The molecule has 1 aromatic rings. The summed E-state index contributed by atoms with van der Waals surface area (Å²) in [6.07, 6.45) is 0. The van der Waals surface area contributed by atoms with Gasteiger partial charge in [0.15, 0.2) is 0 Å². The predicted octanol–water partition coefficient (Wildman–Crippen LogP) is -0.727. The van der Waals surface area contributed by atoms with Gasteiger partial charge in [-0.3, -0.25) is 0 Å². The maximum absolute atomic E-state index is 11.4. The summed E-state index contributed by atoms with van der Waals surface area (Å²) in [7, 11) is 0. The Labute approximate surface area is 136 Å². The van der Waals surface area contributed by atoms with Crippen LogP contribution in [0.5, 0.6) is 0 Å². The molecule has 0 amide bonds. The van der Waals surface area contributed by atoms with Crippen molar-refractivity contribution in [2.45, 2.75) is 5.41 Å². The Morgan fingerprint density at radius 1 is 0.600 bits per heavy atom. The van der Waals surface area contributed by atoms with Crippen molar-refractivity contribution in [2.24, 2.45) is 0 Å². The molecule has 0 aliphatic heterocycles. The number of carboxylic acids is 6. The molecule has 132 valence electrons. The minimum absolute atomic E-state index is 0.329. The van der Waals surface area contributed by atoms with Gasteiger partial charge in [-0.15, -0.1) is 0 Å². The molecule has 0 radical (unpaired) electrons. The van der Waals surface area contributed by atoms with E-state index in [-0.39, 0.29) is 0 Å². The molecule has 6 N–H and O–H groups in total. The zero-order chi connectivity index (χ0) is 19.7. The smallest absolute Gasteiger partial charge is 0.337 e. The summed E-state index contributed by atoms with van der Waals surface area (Å²) in [6.45, 7) is 0. The SMILES string of the molecule is O=C(O)c1ccc(C(C(=O)O)(C(=O)O)C(=O)O)c(C(=O)O)c1C(=O)O. The van der Waals surface area contributed by atoms with Crippen molar-refractivity contribution in [2.75, 3.05) is 0 Å². The highest BCUT2D eigenvalue weighted by Gasteiger charge is 2.58. The molecule has 0 aromatic heterocycles. The van der Waals surface area contributed by atoms with Gasteiger partial charge >= 0.3 is 35.8 Å². The molecule has 25 heavy (non-hydrogen) atoms. The van der Waals surface area contributed by atoms with E-state index < -0.39 is 63.5 Å². The van der Waals surface area contributed by atoms with E-state index in [1.54, 1.807) is 0 Å². The molecule has 0 aliphatic carbocycles. The summed E-state index contributed by atoms with van der Waals surface area (Å²) in [4.78, 5) is 67.8. The molecule has 0 atom stereocenters. The second kappa shape index (κ2) is 6.27. The molecule has 0 bridgehead atoms. The van der Waals surface area contributed by atoms with E-state index in [0.29, 0.717) is 12.1 Å². The summed E-state index contributed by atoms with van der Waals surface area (Å²) in [5.74, 6) is -13.8. The number of benzene rings is 1. The van der Waals surface area contributed by atoms with Crippen LogP contribution in [-0.2, 0) is 19.8 Å². The van der Waals surface area contributed by atoms with Gasteiger partial charge in [0.2, 0.25) is 0 Å². The zero-order valence-corrected chi connectivity index (χ0v) is 11.8. The second-order valence-electron chi connectivity index (χ2n) is 4.49. The Kier molecular flexibility index (Phi) is 4.79. The molecule has 12 heteroatoms. The van der Waals surface area contributed by atoms with Crippen molar-refractivity contribution in [3.8, 4) is 0 Å². The number of hydrogen-bond acceptors (Lipinski definition) is 6. The van der Waals surface area contributed by atoms with Crippen molar-refractivity contribution < 1.29 is 59.4 Å². The number of aliphatic carboxylic acids is 3. The van der Waals surface area contributed by atoms with Crippen molar-refractivity contribution in [1.29, 1.82) is 0 Å². The third-order valence-corrected chi connectivity index (χ3v) is 3.23. The Hall–Kier alpha value is -3.96. The molecule has 0 saturated heterocycles.